The van der Waals surface area contributed by atoms with Crippen LogP contribution in [0, 0.1) is 0 Å². The van der Waals surface area contributed by atoms with Gasteiger partial charge in [-0.15, -0.1) is 0 Å². The van der Waals surface area contributed by atoms with Crippen LogP contribution < -0.4 is 20.3 Å². The van der Waals surface area contributed by atoms with E-state index in [-0.39, 0.29) is 11.5 Å². The second-order valence-corrected chi connectivity index (χ2v) is 6.44. The SMILES string of the molecule is C=CCOc1ccc(C(=O)Nc2cccc(-c3nc(CC)cc(=O)[nH]3)c2)cc1OC. The normalized spacial score (nSPS) is 10.3. The molecule has 30 heavy (non-hydrogen) atoms. The number of hydrogen-bond donors (Lipinski definition) is 2. The van der Waals surface area contributed by atoms with E-state index in [9.17, 15) is 9.59 Å². The van der Waals surface area contributed by atoms with Gasteiger partial charge in [0.1, 0.15) is 12.4 Å². The van der Waals surface area contributed by atoms with Crippen molar-refractivity contribution in [1.82, 2.24) is 9.97 Å². The Hall–Kier alpha value is -3.87. The van der Waals surface area contributed by atoms with Gasteiger partial charge in [-0.05, 0) is 36.8 Å². The van der Waals surface area contributed by atoms with Crippen LogP contribution in [0.2, 0.25) is 0 Å². The first-order chi connectivity index (χ1) is 14.5. The molecule has 1 amide bonds. The number of H-pyrrole nitrogens is 1. The van der Waals surface area contributed by atoms with E-state index in [1.807, 2.05) is 13.0 Å². The van der Waals surface area contributed by atoms with Gasteiger partial charge in [-0.25, -0.2) is 4.98 Å². The number of hydrogen-bond acceptors (Lipinski definition) is 5. The summed E-state index contributed by atoms with van der Waals surface area (Å²) in [7, 11) is 1.51. The van der Waals surface area contributed by atoms with Crippen LogP contribution >= 0.6 is 0 Å². The zero-order valence-corrected chi connectivity index (χ0v) is 16.9. The molecule has 0 spiro atoms. The summed E-state index contributed by atoms with van der Waals surface area (Å²) in [5, 5.41) is 2.85. The minimum atomic E-state index is -0.301. The molecular formula is C23H23N3O4. The lowest BCUT2D eigenvalue weighted by atomic mass is 10.1. The minimum Gasteiger partial charge on any atom is -0.493 e. The van der Waals surface area contributed by atoms with Gasteiger partial charge in [-0.3, -0.25) is 9.59 Å². The monoisotopic (exact) mass is 405 g/mol. The Kier molecular flexibility index (Phi) is 6.64. The van der Waals surface area contributed by atoms with Gasteiger partial charge in [-0.2, -0.15) is 0 Å². The van der Waals surface area contributed by atoms with E-state index < -0.39 is 0 Å². The summed E-state index contributed by atoms with van der Waals surface area (Å²) in [5.41, 5.74) is 2.19. The molecule has 0 aliphatic rings. The van der Waals surface area contributed by atoms with Gasteiger partial charge < -0.3 is 19.8 Å². The first kappa shape index (κ1) is 20.9. The molecule has 0 atom stereocenters. The van der Waals surface area contributed by atoms with Gasteiger partial charge in [0, 0.05) is 28.6 Å². The standard InChI is InChI=1S/C23H23N3O4/c1-4-11-30-19-10-9-16(13-20(19)29-3)23(28)25-18-8-6-7-15(12-18)22-24-17(5-2)14-21(27)26-22/h4,6-10,12-14H,1,5,11H2,2-3H3,(H,25,28)(H,24,26,27). The lowest BCUT2D eigenvalue weighted by Crippen LogP contribution is -2.13. The summed E-state index contributed by atoms with van der Waals surface area (Å²) in [6.07, 6.45) is 2.28. The van der Waals surface area contributed by atoms with Gasteiger partial charge in [-0.1, -0.05) is 31.7 Å². The first-order valence-electron chi connectivity index (χ1n) is 9.47. The summed E-state index contributed by atoms with van der Waals surface area (Å²) >= 11 is 0. The highest BCUT2D eigenvalue weighted by Gasteiger charge is 2.12. The molecule has 154 valence electrons. The molecule has 7 heteroatoms. The Labute approximate surface area is 174 Å². The number of aromatic nitrogens is 2. The fourth-order valence-electron chi connectivity index (χ4n) is 2.85. The van der Waals surface area contributed by atoms with E-state index in [2.05, 4.69) is 21.9 Å². The summed E-state index contributed by atoms with van der Waals surface area (Å²) in [5.74, 6) is 1.14. The van der Waals surface area contributed by atoms with Crippen LogP contribution in [0.3, 0.4) is 0 Å². The number of nitrogens with one attached hydrogen (secondary N) is 2. The number of aryl methyl sites for hydroxylation is 1. The molecule has 0 saturated carbocycles. The molecule has 0 bridgehead atoms. The third-order valence-corrected chi connectivity index (χ3v) is 4.33. The lowest BCUT2D eigenvalue weighted by molar-refractivity contribution is 0.102. The van der Waals surface area contributed by atoms with Crippen molar-refractivity contribution < 1.29 is 14.3 Å². The molecule has 7 nitrogen and oxygen atoms in total. The van der Waals surface area contributed by atoms with Crippen LogP contribution in [0.4, 0.5) is 5.69 Å². The highest BCUT2D eigenvalue weighted by Crippen LogP contribution is 2.28. The highest BCUT2D eigenvalue weighted by molar-refractivity contribution is 6.04. The second-order valence-electron chi connectivity index (χ2n) is 6.44. The fourth-order valence-corrected chi connectivity index (χ4v) is 2.85. The summed E-state index contributed by atoms with van der Waals surface area (Å²) in [6, 6.07) is 13.6. The Morgan fingerprint density at radius 3 is 2.77 bits per heavy atom. The molecule has 0 fully saturated rings. The van der Waals surface area contributed by atoms with Crippen molar-refractivity contribution >= 4 is 11.6 Å². The number of rotatable bonds is 8. The maximum atomic E-state index is 12.7. The minimum absolute atomic E-state index is 0.211. The van der Waals surface area contributed by atoms with E-state index in [0.717, 1.165) is 0 Å². The largest absolute Gasteiger partial charge is 0.493 e. The Balaban J connectivity index is 1.82. The number of nitrogens with zero attached hydrogens (tertiary/aromatic N) is 1. The Morgan fingerprint density at radius 1 is 1.20 bits per heavy atom. The summed E-state index contributed by atoms with van der Waals surface area (Å²) in [6.45, 7) is 5.89. The number of ether oxygens (including phenoxy) is 2. The van der Waals surface area contributed by atoms with Crippen LogP contribution in [0.15, 0.2) is 66.0 Å². The van der Waals surface area contributed by atoms with Crippen molar-refractivity contribution in [2.24, 2.45) is 0 Å². The third kappa shape index (κ3) is 4.94. The van der Waals surface area contributed by atoms with Crippen molar-refractivity contribution in [1.29, 1.82) is 0 Å². The number of carbonyl (C=O) groups excluding carboxylic acids is 1. The maximum absolute atomic E-state index is 12.7. The molecule has 3 aromatic rings. The van der Waals surface area contributed by atoms with Gasteiger partial charge in [0.25, 0.3) is 11.5 Å². The van der Waals surface area contributed by atoms with Crippen LogP contribution in [0.5, 0.6) is 11.5 Å². The van der Waals surface area contributed by atoms with E-state index in [1.54, 1.807) is 42.5 Å². The molecule has 2 aromatic carbocycles. The van der Waals surface area contributed by atoms with E-state index in [1.165, 1.54) is 13.2 Å². The fraction of sp³-hybridized carbons (Fsp3) is 0.174. The number of benzene rings is 2. The molecule has 0 saturated heterocycles. The van der Waals surface area contributed by atoms with Crippen LogP contribution in [-0.4, -0.2) is 29.6 Å². The molecule has 0 aliphatic heterocycles. The Bertz CT molecular complexity index is 1120. The van der Waals surface area contributed by atoms with Gasteiger partial charge in [0.15, 0.2) is 11.5 Å². The number of aromatic amines is 1. The number of methoxy groups -OCH3 is 1. The van der Waals surface area contributed by atoms with E-state index in [4.69, 9.17) is 9.47 Å². The van der Waals surface area contributed by atoms with Crippen molar-refractivity contribution in [3.05, 3.63) is 82.8 Å². The second kappa shape index (κ2) is 9.56. The lowest BCUT2D eigenvalue weighted by Gasteiger charge is -2.12. The molecular weight excluding hydrogens is 382 g/mol. The average Bonchev–Trinajstić information content (AvgIpc) is 2.77. The first-order valence-corrected chi connectivity index (χ1v) is 9.47. The van der Waals surface area contributed by atoms with E-state index in [0.29, 0.717) is 52.9 Å². The zero-order valence-electron chi connectivity index (χ0n) is 16.9. The molecule has 1 aromatic heterocycles. The zero-order chi connectivity index (χ0) is 21.5. The smallest absolute Gasteiger partial charge is 0.255 e. The van der Waals surface area contributed by atoms with Crippen molar-refractivity contribution in [2.45, 2.75) is 13.3 Å². The van der Waals surface area contributed by atoms with Gasteiger partial charge in [0.2, 0.25) is 0 Å². The quantitative estimate of drug-likeness (QED) is 0.556. The van der Waals surface area contributed by atoms with Crippen LogP contribution in [-0.2, 0) is 6.42 Å². The van der Waals surface area contributed by atoms with Crippen LogP contribution in [0.1, 0.15) is 23.0 Å². The van der Waals surface area contributed by atoms with Gasteiger partial charge in [0.05, 0.1) is 7.11 Å². The molecule has 0 unspecified atom stereocenters. The van der Waals surface area contributed by atoms with Crippen LogP contribution in [0.25, 0.3) is 11.4 Å². The van der Waals surface area contributed by atoms with Crippen molar-refractivity contribution in [3.63, 3.8) is 0 Å². The average molecular weight is 405 g/mol. The van der Waals surface area contributed by atoms with Crippen molar-refractivity contribution in [2.75, 3.05) is 19.0 Å². The van der Waals surface area contributed by atoms with Crippen molar-refractivity contribution in [3.8, 4) is 22.9 Å². The topological polar surface area (TPSA) is 93.3 Å². The highest BCUT2D eigenvalue weighted by atomic mass is 16.5. The summed E-state index contributed by atoms with van der Waals surface area (Å²) < 4.78 is 10.8. The molecule has 2 N–H and O–H groups in total. The summed E-state index contributed by atoms with van der Waals surface area (Å²) in [4.78, 5) is 31.7. The van der Waals surface area contributed by atoms with E-state index >= 15 is 0 Å². The molecule has 3 rings (SSSR count). The predicted molar refractivity (Wildman–Crippen MR) is 116 cm³/mol. The number of amides is 1. The number of anilines is 1. The van der Waals surface area contributed by atoms with Gasteiger partial charge >= 0.3 is 0 Å². The predicted octanol–water partition coefficient (Wildman–Crippen LogP) is 3.83. The Morgan fingerprint density at radius 2 is 2.03 bits per heavy atom. The maximum Gasteiger partial charge on any atom is 0.255 e. The molecule has 0 aliphatic carbocycles. The number of carbonyl (C=O) groups is 1. The molecule has 1 heterocycles. The third-order valence-electron chi connectivity index (χ3n) is 4.33. The molecule has 0 radical (unpaired) electrons.